The highest BCUT2D eigenvalue weighted by Crippen LogP contribution is 2.12. The number of thiazole rings is 1. The van der Waals surface area contributed by atoms with Crippen molar-refractivity contribution in [3.05, 3.63) is 34.0 Å². The summed E-state index contributed by atoms with van der Waals surface area (Å²) in [7, 11) is 0. The summed E-state index contributed by atoms with van der Waals surface area (Å²) in [5.41, 5.74) is 0.334. The van der Waals surface area contributed by atoms with E-state index in [0.29, 0.717) is 23.5 Å². The molecule has 0 radical (unpaired) electrons. The Morgan fingerprint density at radius 2 is 2.17 bits per heavy atom. The number of carboxylic acids is 1. The van der Waals surface area contributed by atoms with Crippen molar-refractivity contribution in [2.75, 3.05) is 13.2 Å². The topological polar surface area (TPSA) is 138 Å². The second-order valence-corrected chi connectivity index (χ2v) is 5.83. The summed E-state index contributed by atoms with van der Waals surface area (Å²) in [6.07, 6.45) is 3.63. The lowest BCUT2D eigenvalue weighted by atomic mass is 10.3. The predicted octanol–water partition coefficient (Wildman–Crippen LogP) is -0.637. The molecule has 23 heavy (non-hydrogen) atoms. The number of aromatic nitrogens is 3. The molecule has 9 nitrogen and oxygen atoms in total. The standard InChI is InChI=1S/C13H16N4O5S/c18-7-9(19)6-17-5-8(3-16-17)12(20)14-2-1-11-15-4-10(23-11)13(21)22/h3-5,9,18-19H,1-2,6-7H2,(H,14,20)(H,21,22). The summed E-state index contributed by atoms with van der Waals surface area (Å²) in [6.45, 7) is 0.0320. The van der Waals surface area contributed by atoms with E-state index in [9.17, 15) is 14.7 Å². The predicted molar refractivity (Wildman–Crippen MR) is 80.4 cm³/mol. The lowest BCUT2D eigenvalue weighted by Crippen LogP contribution is -2.25. The van der Waals surface area contributed by atoms with Crippen LogP contribution in [0, 0.1) is 0 Å². The third-order valence-corrected chi connectivity index (χ3v) is 3.94. The number of aliphatic hydroxyl groups excluding tert-OH is 2. The third kappa shape index (κ3) is 4.84. The van der Waals surface area contributed by atoms with Crippen molar-refractivity contribution in [1.82, 2.24) is 20.1 Å². The molecule has 2 rings (SSSR count). The number of nitrogens with one attached hydrogen (secondary N) is 1. The van der Waals surface area contributed by atoms with E-state index in [1.807, 2.05) is 0 Å². The van der Waals surface area contributed by atoms with E-state index >= 15 is 0 Å². The summed E-state index contributed by atoms with van der Waals surface area (Å²) in [5, 5.41) is 34.1. The summed E-state index contributed by atoms with van der Waals surface area (Å²) >= 11 is 1.07. The van der Waals surface area contributed by atoms with Crippen LogP contribution < -0.4 is 5.32 Å². The van der Waals surface area contributed by atoms with Gasteiger partial charge in [-0.2, -0.15) is 5.10 Å². The Morgan fingerprint density at radius 1 is 1.39 bits per heavy atom. The molecular weight excluding hydrogens is 324 g/mol. The molecule has 0 fully saturated rings. The average Bonchev–Trinajstić information content (AvgIpc) is 3.16. The van der Waals surface area contributed by atoms with Gasteiger partial charge in [0.2, 0.25) is 0 Å². The van der Waals surface area contributed by atoms with E-state index in [4.69, 9.17) is 10.2 Å². The van der Waals surface area contributed by atoms with Crippen LogP contribution in [0.4, 0.5) is 0 Å². The van der Waals surface area contributed by atoms with Gasteiger partial charge in [0, 0.05) is 19.2 Å². The molecule has 0 aromatic carbocycles. The smallest absolute Gasteiger partial charge is 0.347 e. The normalized spacial score (nSPS) is 12.1. The van der Waals surface area contributed by atoms with Gasteiger partial charge in [-0.05, 0) is 0 Å². The van der Waals surface area contributed by atoms with Gasteiger partial charge >= 0.3 is 5.97 Å². The quantitative estimate of drug-likeness (QED) is 0.501. The van der Waals surface area contributed by atoms with Crippen LogP contribution in [-0.2, 0) is 13.0 Å². The monoisotopic (exact) mass is 340 g/mol. The zero-order valence-electron chi connectivity index (χ0n) is 12.0. The van der Waals surface area contributed by atoms with E-state index in [1.54, 1.807) is 0 Å². The van der Waals surface area contributed by atoms with Crippen molar-refractivity contribution >= 4 is 23.2 Å². The number of nitrogens with zero attached hydrogens (tertiary/aromatic N) is 3. The van der Waals surface area contributed by atoms with Gasteiger partial charge in [0.05, 0.1) is 42.2 Å². The van der Waals surface area contributed by atoms with Crippen LogP contribution in [0.5, 0.6) is 0 Å². The van der Waals surface area contributed by atoms with Gasteiger partial charge in [-0.1, -0.05) is 0 Å². The lowest BCUT2D eigenvalue weighted by Gasteiger charge is -2.06. The van der Waals surface area contributed by atoms with Crippen molar-refractivity contribution in [3.63, 3.8) is 0 Å². The molecular formula is C13H16N4O5S. The highest BCUT2D eigenvalue weighted by atomic mass is 32.1. The Balaban J connectivity index is 1.81. The van der Waals surface area contributed by atoms with Gasteiger partial charge in [-0.3, -0.25) is 9.48 Å². The van der Waals surface area contributed by atoms with Crippen LogP contribution in [0.25, 0.3) is 0 Å². The number of carboxylic acid groups (broad SMARTS) is 1. The van der Waals surface area contributed by atoms with Crippen LogP contribution in [0.2, 0.25) is 0 Å². The van der Waals surface area contributed by atoms with Crippen molar-refractivity contribution in [2.45, 2.75) is 19.1 Å². The van der Waals surface area contributed by atoms with Gasteiger partial charge in [-0.25, -0.2) is 9.78 Å². The van der Waals surface area contributed by atoms with Crippen molar-refractivity contribution in [3.8, 4) is 0 Å². The first-order valence-electron chi connectivity index (χ1n) is 6.77. The van der Waals surface area contributed by atoms with Gasteiger partial charge < -0.3 is 20.6 Å². The fourth-order valence-corrected chi connectivity index (χ4v) is 2.52. The lowest BCUT2D eigenvalue weighted by molar-refractivity contribution is 0.0701. The second-order valence-electron chi connectivity index (χ2n) is 4.72. The Kier molecular flexibility index (Phi) is 5.79. The average molecular weight is 340 g/mol. The number of hydrogen-bond acceptors (Lipinski definition) is 7. The molecule has 124 valence electrons. The number of amides is 1. The zero-order chi connectivity index (χ0) is 16.8. The SMILES string of the molecule is O=C(NCCc1ncc(C(=O)O)s1)c1cnn(CC(O)CO)c1. The maximum atomic E-state index is 11.9. The number of carbonyl (C=O) groups is 2. The summed E-state index contributed by atoms with van der Waals surface area (Å²) in [5.74, 6) is -1.35. The van der Waals surface area contributed by atoms with Gasteiger partial charge in [0.15, 0.2) is 0 Å². The molecule has 1 amide bonds. The van der Waals surface area contributed by atoms with Crippen molar-refractivity contribution < 1.29 is 24.9 Å². The number of carbonyl (C=O) groups excluding carboxylic acids is 1. The number of aromatic carboxylic acids is 1. The van der Waals surface area contributed by atoms with Crippen molar-refractivity contribution in [2.24, 2.45) is 0 Å². The van der Waals surface area contributed by atoms with E-state index < -0.39 is 12.1 Å². The van der Waals surface area contributed by atoms with E-state index in [0.717, 1.165) is 11.3 Å². The zero-order valence-corrected chi connectivity index (χ0v) is 12.9. The van der Waals surface area contributed by atoms with Crippen LogP contribution in [0.1, 0.15) is 25.0 Å². The van der Waals surface area contributed by atoms with E-state index in [2.05, 4.69) is 15.4 Å². The fourth-order valence-electron chi connectivity index (χ4n) is 1.76. The maximum absolute atomic E-state index is 11.9. The van der Waals surface area contributed by atoms with Crippen LogP contribution in [0.3, 0.4) is 0 Å². The third-order valence-electron chi connectivity index (χ3n) is 2.89. The summed E-state index contributed by atoms with van der Waals surface area (Å²) < 4.78 is 1.37. The molecule has 2 aromatic rings. The Labute approximate surface area is 135 Å². The van der Waals surface area contributed by atoms with Crippen LogP contribution >= 0.6 is 11.3 Å². The van der Waals surface area contributed by atoms with E-state index in [1.165, 1.54) is 23.3 Å². The first-order chi connectivity index (χ1) is 11.0. The highest BCUT2D eigenvalue weighted by Gasteiger charge is 2.12. The summed E-state index contributed by atoms with van der Waals surface area (Å²) in [4.78, 5) is 26.8. The molecule has 0 saturated carbocycles. The Bertz CT molecular complexity index is 683. The number of hydrogen-bond donors (Lipinski definition) is 4. The molecule has 0 bridgehead atoms. The molecule has 1 atom stereocenters. The molecule has 0 aliphatic rings. The molecule has 10 heteroatoms. The van der Waals surface area contributed by atoms with Gasteiger partial charge in [-0.15, -0.1) is 11.3 Å². The molecule has 0 saturated heterocycles. The maximum Gasteiger partial charge on any atom is 0.347 e. The molecule has 4 N–H and O–H groups in total. The molecule has 2 heterocycles. The second kappa shape index (κ2) is 7.81. The molecule has 1 unspecified atom stereocenters. The minimum atomic E-state index is -1.02. The van der Waals surface area contributed by atoms with Crippen LogP contribution in [-0.4, -0.2) is 61.2 Å². The molecule has 2 aromatic heterocycles. The largest absolute Gasteiger partial charge is 0.477 e. The first-order valence-corrected chi connectivity index (χ1v) is 7.59. The minimum Gasteiger partial charge on any atom is -0.477 e. The minimum absolute atomic E-state index is 0.0981. The fraction of sp³-hybridized carbons (Fsp3) is 0.385. The molecule has 0 aliphatic heterocycles. The van der Waals surface area contributed by atoms with Crippen molar-refractivity contribution in [1.29, 1.82) is 0 Å². The van der Waals surface area contributed by atoms with Gasteiger partial charge in [0.1, 0.15) is 4.88 Å². The summed E-state index contributed by atoms with van der Waals surface area (Å²) in [6, 6.07) is 0. The number of rotatable bonds is 8. The molecule has 0 aliphatic carbocycles. The highest BCUT2D eigenvalue weighted by molar-refractivity contribution is 7.13. The molecule has 0 spiro atoms. The van der Waals surface area contributed by atoms with Crippen LogP contribution in [0.15, 0.2) is 18.6 Å². The van der Waals surface area contributed by atoms with E-state index in [-0.39, 0.29) is 23.9 Å². The van der Waals surface area contributed by atoms with Gasteiger partial charge in [0.25, 0.3) is 5.91 Å². The number of aliphatic hydroxyl groups is 2. The first kappa shape index (κ1) is 17.1. The Hall–Kier alpha value is -2.30. The Morgan fingerprint density at radius 3 is 2.83 bits per heavy atom.